The van der Waals surface area contributed by atoms with E-state index in [1.807, 2.05) is 38.2 Å². The lowest BCUT2D eigenvalue weighted by Gasteiger charge is -2.16. The van der Waals surface area contributed by atoms with Crippen molar-refractivity contribution in [1.82, 2.24) is 14.1 Å². The molecule has 0 amide bonds. The molecule has 0 aliphatic carbocycles. The molecule has 0 atom stereocenters. The topological polar surface area (TPSA) is 92.4 Å². The predicted molar refractivity (Wildman–Crippen MR) is 122 cm³/mol. The number of hydrogen-bond acceptors (Lipinski definition) is 4. The van der Waals surface area contributed by atoms with Crippen LogP contribution >= 0.6 is 0 Å². The lowest BCUT2D eigenvalue weighted by atomic mass is 9.97. The number of fused-ring (bicyclic) bond motifs is 1. The van der Waals surface area contributed by atoms with Crippen molar-refractivity contribution in [3.05, 3.63) is 58.8 Å². The van der Waals surface area contributed by atoms with Gasteiger partial charge in [0.05, 0.1) is 24.0 Å². The van der Waals surface area contributed by atoms with Gasteiger partial charge in [-0.15, -0.1) is 0 Å². The number of nitrogens with one attached hydrogen (secondary N) is 1. The molecule has 7 nitrogen and oxygen atoms in total. The predicted octanol–water partition coefficient (Wildman–Crippen LogP) is 4.91. The number of nitrogens with zero attached hydrogens (tertiary/aromatic N) is 2. The summed E-state index contributed by atoms with van der Waals surface area (Å²) in [6, 6.07) is 8.91. The van der Waals surface area contributed by atoms with Crippen molar-refractivity contribution in [3.63, 3.8) is 0 Å². The van der Waals surface area contributed by atoms with E-state index in [4.69, 9.17) is 4.74 Å². The van der Waals surface area contributed by atoms with Crippen LogP contribution in [0, 0.1) is 0 Å². The summed E-state index contributed by atoms with van der Waals surface area (Å²) < 4.78 is 9.23. The Bertz CT molecular complexity index is 1320. The second-order valence-corrected chi connectivity index (χ2v) is 8.26. The fourth-order valence-electron chi connectivity index (χ4n) is 4.09. The van der Waals surface area contributed by atoms with E-state index < -0.39 is 0 Å². The van der Waals surface area contributed by atoms with E-state index >= 15 is 0 Å². The number of phenolic OH excluding ortho intramolecular Hbond substituents is 2. The van der Waals surface area contributed by atoms with Gasteiger partial charge in [0.25, 0.3) is 0 Å². The second kappa shape index (κ2) is 7.58. The number of aromatic amines is 1. The van der Waals surface area contributed by atoms with Crippen molar-refractivity contribution in [2.75, 3.05) is 7.11 Å². The molecule has 0 aliphatic rings. The van der Waals surface area contributed by atoms with Crippen LogP contribution in [0.2, 0.25) is 0 Å². The van der Waals surface area contributed by atoms with Crippen molar-refractivity contribution >= 4 is 10.9 Å². The Balaban J connectivity index is 2.02. The Morgan fingerprint density at radius 2 is 1.77 bits per heavy atom. The molecule has 3 N–H and O–H groups in total. The maximum atomic E-state index is 12.9. The highest BCUT2D eigenvalue weighted by molar-refractivity contribution is 5.94. The third kappa shape index (κ3) is 3.26. The van der Waals surface area contributed by atoms with Crippen LogP contribution in [0.5, 0.6) is 17.2 Å². The molecule has 0 saturated carbocycles. The van der Waals surface area contributed by atoms with Gasteiger partial charge >= 0.3 is 5.69 Å². The van der Waals surface area contributed by atoms with Crippen molar-refractivity contribution in [2.45, 2.75) is 39.7 Å². The smallest absolute Gasteiger partial charge is 0.330 e. The second-order valence-electron chi connectivity index (χ2n) is 8.26. The van der Waals surface area contributed by atoms with Gasteiger partial charge in [-0.1, -0.05) is 13.8 Å². The number of aromatic hydroxyl groups is 2. The summed E-state index contributed by atoms with van der Waals surface area (Å²) >= 11 is 0. The third-order valence-corrected chi connectivity index (χ3v) is 5.65. The van der Waals surface area contributed by atoms with E-state index in [0.29, 0.717) is 22.5 Å². The first-order valence-electron chi connectivity index (χ1n) is 10.3. The fourth-order valence-corrected chi connectivity index (χ4v) is 4.09. The fraction of sp³-hybridized carbons (Fsp3) is 0.292. The average Bonchev–Trinajstić information content (AvgIpc) is 3.31. The van der Waals surface area contributed by atoms with E-state index in [1.54, 1.807) is 23.9 Å². The molecule has 0 bridgehead atoms. The summed E-state index contributed by atoms with van der Waals surface area (Å²) in [5, 5.41) is 21.7. The normalized spacial score (nSPS) is 11.7. The summed E-state index contributed by atoms with van der Waals surface area (Å²) in [4.78, 5) is 15.6. The van der Waals surface area contributed by atoms with Gasteiger partial charge < -0.3 is 24.5 Å². The van der Waals surface area contributed by atoms with E-state index in [-0.39, 0.29) is 29.1 Å². The van der Waals surface area contributed by atoms with Gasteiger partial charge in [-0.05, 0) is 49.6 Å². The van der Waals surface area contributed by atoms with Crippen LogP contribution < -0.4 is 10.4 Å². The molecule has 31 heavy (non-hydrogen) atoms. The number of hydrogen-bond donors (Lipinski definition) is 3. The number of aromatic nitrogens is 3. The molecule has 4 rings (SSSR count). The molecule has 2 heterocycles. The Labute approximate surface area is 180 Å². The first kappa shape index (κ1) is 20.7. The zero-order valence-corrected chi connectivity index (χ0v) is 18.3. The van der Waals surface area contributed by atoms with Gasteiger partial charge in [-0.25, -0.2) is 4.79 Å². The molecule has 0 radical (unpaired) electrons. The number of imidazole rings is 1. The summed E-state index contributed by atoms with van der Waals surface area (Å²) in [6.45, 7) is 8.09. The summed E-state index contributed by atoms with van der Waals surface area (Å²) in [6.07, 6.45) is 3.56. The Kier molecular flexibility index (Phi) is 5.05. The van der Waals surface area contributed by atoms with Crippen LogP contribution in [-0.4, -0.2) is 31.4 Å². The minimum atomic E-state index is -0.322. The van der Waals surface area contributed by atoms with Crippen LogP contribution in [-0.2, 0) is 0 Å². The number of benzene rings is 2. The van der Waals surface area contributed by atoms with Crippen LogP contribution in [0.25, 0.3) is 27.8 Å². The SMILES string of the molecule is COc1ccc(-n2c(-c3cc(C(C)C)c(O)cc3O)c[nH]c2=O)c2ccn(C(C)C)c12. The summed E-state index contributed by atoms with van der Waals surface area (Å²) in [5.41, 5.74) is 2.92. The van der Waals surface area contributed by atoms with Crippen LogP contribution in [0.15, 0.2) is 47.5 Å². The maximum Gasteiger partial charge on any atom is 0.330 e. The number of ether oxygens (including phenoxy) is 1. The maximum absolute atomic E-state index is 12.9. The van der Waals surface area contributed by atoms with Crippen molar-refractivity contribution in [1.29, 1.82) is 0 Å². The van der Waals surface area contributed by atoms with Gasteiger partial charge in [-0.2, -0.15) is 0 Å². The molecule has 0 unspecified atom stereocenters. The standard InChI is InChI=1S/C24H27N3O4/c1-13(2)16-10-17(21(29)11-20(16)28)19-12-25-24(30)27(19)18-6-7-22(31-5)23-15(18)8-9-26(23)14(3)4/h6-14,28-29H,1-5H3,(H,25,30). The molecule has 7 heteroatoms. The monoisotopic (exact) mass is 421 g/mol. The first-order valence-corrected chi connectivity index (χ1v) is 10.3. The molecule has 0 aliphatic heterocycles. The molecule has 2 aromatic carbocycles. The Morgan fingerprint density at radius 1 is 1.03 bits per heavy atom. The minimum Gasteiger partial charge on any atom is -0.508 e. The van der Waals surface area contributed by atoms with Gasteiger partial charge in [0.15, 0.2) is 0 Å². The molecule has 0 fully saturated rings. The van der Waals surface area contributed by atoms with Gasteiger partial charge in [-0.3, -0.25) is 4.57 Å². The van der Waals surface area contributed by atoms with E-state index in [9.17, 15) is 15.0 Å². The van der Waals surface area contributed by atoms with Gasteiger partial charge in [0.2, 0.25) is 0 Å². The minimum absolute atomic E-state index is 0.0292. The van der Waals surface area contributed by atoms with E-state index in [2.05, 4.69) is 23.4 Å². The highest BCUT2D eigenvalue weighted by Gasteiger charge is 2.21. The molecule has 0 saturated heterocycles. The zero-order chi connectivity index (χ0) is 22.4. The van der Waals surface area contributed by atoms with Crippen LogP contribution in [0.1, 0.15) is 45.2 Å². The highest BCUT2D eigenvalue weighted by Crippen LogP contribution is 2.39. The number of phenols is 2. The lowest BCUT2D eigenvalue weighted by Crippen LogP contribution is -2.16. The van der Waals surface area contributed by atoms with E-state index in [0.717, 1.165) is 16.7 Å². The first-order chi connectivity index (χ1) is 14.7. The average molecular weight is 421 g/mol. The van der Waals surface area contributed by atoms with Crippen molar-refractivity contribution < 1.29 is 14.9 Å². The molecule has 162 valence electrons. The third-order valence-electron chi connectivity index (χ3n) is 5.65. The highest BCUT2D eigenvalue weighted by atomic mass is 16.5. The summed E-state index contributed by atoms with van der Waals surface area (Å²) in [7, 11) is 1.63. The van der Waals surface area contributed by atoms with Gasteiger partial charge in [0, 0.05) is 35.5 Å². The van der Waals surface area contributed by atoms with Gasteiger partial charge in [0.1, 0.15) is 17.2 Å². The Morgan fingerprint density at radius 3 is 2.42 bits per heavy atom. The van der Waals surface area contributed by atoms with Crippen LogP contribution in [0.4, 0.5) is 0 Å². The summed E-state index contributed by atoms with van der Waals surface area (Å²) in [5.74, 6) is 0.698. The Hall–Kier alpha value is -3.61. The molecular formula is C24H27N3O4. The van der Waals surface area contributed by atoms with Crippen molar-refractivity contribution in [3.8, 4) is 34.2 Å². The molecule has 2 aromatic heterocycles. The number of H-pyrrole nitrogens is 1. The lowest BCUT2D eigenvalue weighted by molar-refractivity contribution is 0.416. The molecule has 4 aromatic rings. The van der Waals surface area contributed by atoms with Crippen LogP contribution in [0.3, 0.4) is 0 Å². The molecule has 0 spiro atoms. The van der Waals surface area contributed by atoms with Crippen molar-refractivity contribution in [2.24, 2.45) is 0 Å². The van der Waals surface area contributed by atoms with E-state index in [1.165, 1.54) is 6.07 Å². The number of methoxy groups -OCH3 is 1. The quantitative estimate of drug-likeness (QED) is 0.427. The molecular weight excluding hydrogens is 394 g/mol. The zero-order valence-electron chi connectivity index (χ0n) is 18.3. The number of rotatable bonds is 5. The largest absolute Gasteiger partial charge is 0.508 e.